The van der Waals surface area contributed by atoms with Crippen LogP contribution in [0.25, 0.3) is 0 Å². The molecular weight excluding hydrogens is 1010 g/mol. The van der Waals surface area contributed by atoms with Crippen LogP contribution in [-0.2, 0) is 62.4 Å². The van der Waals surface area contributed by atoms with Crippen molar-refractivity contribution in [1.29, 1.82) is 0 Å². The van der Waals surface area contributed by atoms with Crippen LogP contribution in [0.5, 0.6) is 0 Å². The minimum atomic E-state index is -4.74. The van der Waals surface area contributed by atoms with Crippen LogP contribution in [0.15, 0.2) is 34.1 Å². The van der Waals surface area contributed by atoms with Crippen LogP contribution in [-0.4, -0.2) is 16.8 Å². The van der Waals surface area contributed by atoms with E-state index in [-0.39, 0.29) is 9.79 Å². The highest BCUT2D eigenvalue weighted by atomic mass is 32.3. The minimum absolute atomic E-state index is 0.155. The molecule has 0 radical (unpaired) electrons. The Bertz CT molecular complexity index is 1730. The zero-order valence-electron chi connectivity index (χ0n) is 53.4. The third-order valence-corrected chi connectivity index (χ3v) is 20.6. The first-order valence-electron chi connectivity index (χ1n) is 35.1. The predicted molar refractivity (Wildman–Crippen MR) is 346 cm³/mol. The van der Waals surface area contributed by atoms with Gasteiger partial charge in [0.15, 0.2) is 0 Å². The maximum atomic E-state index is 15.4. The molecule has 0 aliphatic rings. The summed E-state index contributed by atoms with van der Waals surface area (Å²) in [5.41, 5.74) is 5.48. The predicted octanol–water partition coefficient (Wildman–Crippen LogP) is 23.9. The highest BCUT2D eigenvalue weighted by molar-refractivity contribution is 8.00. The lowest BCUT2D eigenvalue weighted by atomic mass is 9.94. The van der Waals surface area contributed by atoms with Crippen LogP contribution in [0, 0.1) is 0 Å². The maximum Gasteiger partial charge on any atom is 0.312 e. The average Bonchev–Trinajstić information content (AvgIpc) is 3.57. The van der Waals surface area contributed by atoms with Gasteiger partial charge in [0.05, 0.1) is 0 Å². The van der Waals surface area contributed by atoms with Gasteiger partial charge >= 0.3 is 20.2 Å². The van der Waals surface area contributed by atoms with E-state index in [2.05, 4.69) is 65.8 Å². The molecule has 0 aromatic heterocycles. The van der Waals surface area contributed by atoms with Gasteiger partial charge in [-0.2, -0.15) is 16.8 Å². The van der Waals surface area contributed by atoms with Gasteiger partial charge in [-0.25, -0.2) is 0 Å². The van der Waals surface area contributed by atoms with Gasteiger partial charge in [-0.15, -0.1) is 3.63 Å². The smallest absolute Gasteiger partial charge is 0.193 e. The number of aryl methyl sites for hydroxylation is 6. The molecule has 0 saturated carbocycles. The Morgan fingerprint density at radius 3 is 0.557 bits per heavy atom. The first-order chi connectivity index (χ1) is 38.6. The van der Waals surface area contributed by atoms with E-state index >= 15 is 16.8 Å². The van der Waals surface area contributed by atoms with Crippen molar-refractivity contribution >= 4 is 20.2 Å². The summed E-state index contributed by atoms with van der Waals surface area (Å²) in [5, 5.41) is 0. The first kappa shape index (κ1) is 73.4. The lowest BCUT2D eigenvalue weighted by Gasteiger charge is -2.20. The van der Waals surface area contributed by atoms with Crippen molar-refractivity contribution in [3.8, 4) is 0 Å². The molecule has 2 rings (SSSR count). The average molecular weight is 1140 g/mol. The van der Waals surface area contributed by atoms with Crippen molar-refractivity contribution in [2.24, 2.45) is 0 Å². The molecule has 0 aliphatic carbocycles. The van der Waals surface area contributed by atoms with Gasteiger partial charge in [-0.05, 0) is 110 Å². The van der Waals surface area contributed by atoms with Gasteiger partial charge in [0, 0.05) is 0 Å². The molecule has 0 unspecified atom stereocenters. The summed E-state index contributed by atoms with van der Waals surface area (Å²) in [6.07, 6.45) is 61.4. The van der Waals surface area contributed by atoms with E-state index in [1.807, 2.05) is 0 Å². The van der Waals surface area contributed by atoms with E-state index in [0.29, 0.717) is 25.7 Å². The molecule has 0 bridgehead atoms. The van der Waals surface area contributed by atoms with E-state index in [1.165, 1.54) is 229 Å². The number of benzene rings is 2. The van der Waals surface area contributed by atoms with Gasteiger partial charge in [-0.1, -0.05) is 335 Å². The van der Waals surface area contributed by atoms with Crippen LogP contribution >= 0.6 is 0 Å². The fourth-order valence-electron chi connectivity index (χ4n) is 12.2. The van der Waals surface area contributed by atoms with E-state index in [9.17, 15) is 0 Å². The highest BCUT2D eigenvalue weighted by Gasteiger charge is 2.34. The van der Waals surface area contributed by atoms with Gasteiger partial charge in [0.1, 0.15) is 9.79 Å². The first-order valence-corrected chi connectivity index (χ1v) is 37.9. The van der Waals surface area contributed by atoms with Gasteiger partial charge in [0.25, 0.3) is 0 Å². The van der Waals surface area contributed by atoms with E-state index in [1.54, 1.807) is 0 Å². The number of hydrogen-bond acceptors (Lipinski definition) is 5. The molecule has 5 nitrogen and oxygen atoms in total. The van der Waals surface area contributed by atoms with Crippen molar-refractivity contribution in [1.82, 2.24) is 0 Å². The molecule has 79 heavy (non-hydrogen) atoms. The Hall–Kier alpha value is -1.70. The largest absolute Gasteiger partial charge is 0.312 e. The van der Waals surface area contributed by atoms with E-state index < -0.39 is 20.2 Å². The summed E-state index contributed by atoms with van der Waals surface area (Å²) >= 11 is 0. The second-order valence-corrected chi connectivity index (χ2v) is 28.0. The lowest BCUT2D eigenvalue weighted by Crippen LogP contribution is -2.20. The lowest BCUT2D eigenvalue weighted by molar-refractivity contribution is 0.458. The summed E-state index contributed by atoms with van der Waals surface area (Å²) in [7, 11) is -9.48. The molecule has 0 fully saturated rings. The topological polar surface area (TPSA) is 77.5 Å². The number of unbranched alkanes of at least 4 members (excludes halogenated alkanes) is 42. The standard InChI is InChI=1S/C72H130O5S2/c1-7-13-19-25-31-37-43-49-55-65-61-67(57-51-45-39-33-27-21-15-9-3)71(68(62-65)58-52-46-40-34-28-22-16-10-4)78(73,74)77-79(75,76)72-69(59-53-47-41-35-29-23-17-11-5)63-66(56-50-44-38-32-26-20-14-8-2)64-70(72)60-54-48-42-36-30-24-18-12-6/h61-64H,7-60H2,1-6H3. The van der Waals surface area contributed by atoms with Crippen molar-refractivity contribution in [2.45, 2.75) is 398 Å². The Morgan fingerprint density at radius 2 is 0.380 bits per heavy atom. The second-order valence-electron chi connectivity index (χ2n) is 24.8. The molecule has 7 heteroatoms. The molecule has 0 aliphatic heterocycles. The highest BCUT2D eigenvalue weighted by Crippen LogP contribution is 2.35. The van der Waals surface area contributed by atoms with Crippen LogP contribution in [0.3, 0.4) is 0 Å². The molecule has 0 saturated heterocycles. The Labute approximate surface area is 493 Å². The molecule has 0 atom stereocenters. The maximum absolute atomic E-state index is 15.4. The molecular formula is C72H130O5S2. The third kappa shape index (κ3) is 35.9. The van der Waals surface area contributed by atoms with Crippen molar-refractivity contribution in [3.05, 3.63) is 57.6 Å². The quantitative estimate of drug-likeness (QED) is 0.0617. The Balaban J connectivity index is 2.70. The monoisotopic (exact) mass is 1140 g/mol. The van der Waals surface area contributed by atoms with Crippen LogP contribution in [0.1, 0.15) is 383 Å². The fourth-order valence-corrected chi connectivity index (χ4v) is 15.7. The third-order valence-electron chi connectivity index (χ3n) is 17.1. The van der Waals surface area contributed by atoms with Crippen LogP contribution < -0.4 is 0 Å². The summed E-state index contributed by atoms with van der Waals surface area (Å²) in [4.78, 5) is 0.310. The molecule has 460 valence electrons. The van der Waals surface area contributed by atoms with E-state index in [4.69, 9.17) is 3.63 Å². The van der Waals surface area contributed by atoms with Crippen molar-refractivity contribution in [3.63, 3.8) is 0 Å². The van der Waals surface area contributed by atoms with E-state index in [0.717, 1.165) is 125 Å². The summed E-state index contributed by atoms with van der Waals surface area (Å²) in [6, 6.07) is 8.57. The molecule has 2 aromatic rings. The SMILES string of the molecule is CCCCCCCCCCc1cc(CCCCCCCCCC)c(S(=O)(=O)OS(=O)(=O)c2c(CCCCCCCCCC)cc(CCCCCCCCCC)cc2CCCCCCCCCC)c(CCCCCCCCCC)c1. The summed E-state index contributed by atoms with van der Waals surface area (Å²) < 4.78 is 67.8. The zero-order chi connectivity index (χ0) is 57.3. The summed E-state index contributed by atoms with van der Waals surface area (Å²) in [6.45, 7) is 13.6. The molecule has 2 aromatic carbocycles. The van der Waals surface area contributed by atoms with Crippen molar-refractivity contribution < 1.29 is 20.5 Å². The number of hydrogen-bond donors (Lipinski definition) is 0. The molecule has 0 amide bonds. The van der Waals surface area contributed by atoms with Gasteiger partial charge in [-0.3, -0.25) is 0 Å². The molecule has 0 spiro atoms. The normalized spacial score (nSPS) is 12.1. The fraction of sp³-hybridized carbons (Fsp3) is 0.833. The Morgan fingerprint density at radius 1 is 0.228 bits per heavy atom. The summed E-state index contributed by atoms with van der Waals surface area (Å²) in [5.74, 6) is 0. The minimum Gasteiger partial charge on any atom is -0.193 e. The Kier molecular flexibility index (Phi) is 46.2. The molecule has 0 N–H and O–H groups in total. The van der Waals surface area contributed by atoms with Crippen molar-refractivity contribution in [2.75, 3.05) is 0 Å². The molecule has 0 heterocycles. The second kappa shape index (κ2) is 49.7. The van der Waals surface area contributed by atoms with Gasteiger partial charge < -0.3 is 0 Å². The van der Waals surface area contributed by atoms with Crippen LogP contribution in [0.2, 0.25) is 0 Å². The van der Waals surface area contributed by atoms with Crippen LogP contribution in [0.4, 0.5) is 0 Å². The van der Waals surface area contributed by atoms with Gasteiger partial charge in [0.2, 0.25) is 0 Å². The number of rotatable bonds is 58. The zero-order valence-corrected chi connectivity index (χ0v) is 55.0.